The summed E-state index contributed by atoms with van der Waals surface area (Å²) in [5.41, 5.74) is -0.390. The number of nitrogens with zero attached hydrogens (tertiary/aromatic N) is 4. The van der Waals surface area contributed by atoms with E-state index in [1.54, 1.807) is 24.3 Å². The first-order valence-corrected chi connectivity index (χ1v) is 12.7. The van der Waals surface area contributed by atoms with E-state index in [0.29, 0.717) is 48.6 Å². The van der Waals surface area contributed by atoms with E-state index in [1.807, 2.05) is 0 Å². The Bertz CT molecular complexity index is 1060. The molecule has 0 atom stereocenters. The molecule has 1 aromatic carbocycles. The minimum atomic E-state index is -0.841. The summed E-state index contributed by atoms with van der Waals surface area (Å²) in [4.78, 5) is 50.9. The molecule has 2 saturated heterocycles. The summed E-state index contributed by atoms with van der Waals surface area (Å²) in [5, 5.41) is 15.9. The number of hydrogen-bond donors (Lipinski definition) is 2. The first-order valence-electron chi connectivity index (χ1n) is 12.7. The third kappa shape index (κ3) is 4.29. The van der Waals surface area contributed by atoms with Crippen LogP contribution in [-0.2, 0) is 9.59 Å². The molecule has 2 aliphatic heterocycles. The molecule has 0 aromatic heterocycles. The van der Waals surface area contributed by atoms with E-state index in [9.17, 15) is 19.2 Å². The highest BCUT2D eigenvalue weighted by atomic mass is 16.2. The van der Waals surface area contributed by atoms with Gasteiger partial charge in [0.15, 0.2) is 0 Å². The number of hydrazone groups is 2. The molecule has 10 heteroatoms. The van der Waals surface area contributed by atoms with E-state index >= 15 is 0 Å². The number of imide groups is 2. The van der Waals surface area contributed by atoms with Gasteiger partial charge in [0.2, 0.25) is 0 Å². The normalized spacial score (nSPS) is 32.9. The van der Waals surface area contributed by atoms with Crippen LogP contribution in [0, 0.1) is 11.8 Å². The van der Waals surface area contributed by atoms with Crippen LogP contribution in [-0.4, -0.2) is 57.4 Å². The van der Waals surface area contributed by atoms with E-state index in [-0.39, 0.29) is 11.8 Å². The average molecular weight is 493 g/mol. The number of nitrogens with one attached hydrogen (secondary N) is 2. The summed E-state index contributed by atoms with van der Waals surface area (Å²) < 4.78 is 0. The lowest BCUT2D eigenvalue weighted by atomic mass is 9.77. The molecule has 0 radical (unpaired) electrons. The van der Waals surface area contributed by atoms with Crippen molar-refractivity contribution >= 4 is 36.3 Å². The molecule has 0 bridgehead atoms. The second-order valence-corrected chi connectivity index (χ2v) is 10.8. The van der Waals surface area contributed by atoms with E-state index < -0.39 is 23.1 Å². The second-order valence-electron chi connectivity index (χ2n) is 10.8. The van der Waals surface area contributed by atoms with Crippen LogP contribution < -0.4 is 10.6 Å². The largest absolute Gasteiger partial charge is 0.346 e. The van der Waals surface area contributed by atoms with Gasteiger partial charge in [-0.15, -0.1) is 10.0 Å². The molecule has 2 saturated carbocycles. The Labute approximate surface area is 210 Å². The minimum absolute atomic E-state index is 0.307. The highest BCUT2D eigenvalue weighted by Crippen LogP contribution is 2.37. The van der Waals surface area contributed by atoms with Crippen LogP contribution >= 0.6 is 0 Å². The first-order chi connectivity index (χ1) is 17.2. The number of rotatable bonds is 4. The number of hydrogen-bond acceptors (Lipinski definition) is 6. The third-order valence-electron chi connectivity index (χ3n) is 8.09. The Kier molecular flexibility index (Phi) is 6.13. The summed E-state index contributed by atoms with van der Waals surface area (Å²) in [6.45, 7) is 4.31. The fourth-order valence-corrected chi connectivity index (χ4v) is 5.58. The number of urea groups is 2. The zero-order valence-electron chi connectivity index (χ0n) is 20.7. The summed E-state index contributed by atoms with van der Waals surface area (Å²) in [5.74, 6) is 0.470. The van der Waals surface area contributed by atoms with Gasteiger partial charge in [-0.3, -0.25) is 9.59 Å². The second kappa shape index (κ2) is 9.15. The van der Waals surface area contributed by atoms with E-state index in [0.717, 1.165) is 35.7 Å². The molecule has 2 aliphatic carbocycles. The highest BCUT2D eigenvalue weighted by Gasteiger charge is 2.53. The molecule has 0 unspecified atom stereocenters. The topological polar surface area (TPSA) is 124 Å². The first kappa shape index (κ1) is 24.1. The lowest BCUT2D eigenvalue weighted by Crippen LogP contribution is -2.49. The molecule has 1 aromatic rings. The average Bonchev–Trinajstić information content (AvgIpc) is 3.23. The monoisotopic (exact) mass is 492 g/mol. The number of amides is 6. The Morgan fingerprint density at radius 2 is 1.14 bits per heavy atom. The fourth-order valence-electron chi connectivity index (χ4n) is 5.58. The molecular formula is C26H32N6O4. The van der Waals surface area contributed by atoms with Crippen LogP contribution in [0.1, 0.15) is 76.3 Å². The van der Waals surface area contributed by atoms with Gasteiger partial charge in [-0.1, -0.05) is 32.0 Å². The van der Waals surface area contributed by atoms with Crippen molar-refractivity contribution in [1.82, 2.24) is 20.7 Å². The minimum Gasteiger partial charge on any atom is -0.321 e. The summed E-state index contributed by atoms with van der Waals surface area (Å²) in [6, 6.07) is 6.07. The number of carbonyl (C=O) groups excluding carboxylic acids is 4. The van der Waals surface area contributed by atoms with Crippen molar-refractivity contribution in [2.45, 2.75) is 76.3 Å². The van der Waals surface area contributed by atoms with Gasteiger partial charge in [-0.2, -0.15) is 10.2 Å². The van der Waals surface area contributed by atoms with Gasteiger partial charge in [0.25, 0.3) is 11.8 Å². The maximum absolute atomic E-state index is 13.0. The van der Waals surface area contributed by atoms with Crippen molar-refractivity contribution in [3.8, 4) is 0 Å². The zero-order valence-corrected chi connectivity index (χ0v) is 20.7. The Hall–Kier alpha value is -3.56. The number of benzene rings is 1. The molecule has 10 nitrogen and oxygen atoms in total. The lowest BCUT2D eigenvalue weighted by molar-refractivity contribution is -0.133. The molecule has 2 heterocycles. The van der Waals surface area contributed by atoms with Gasteiger partial charge in [-0.25, -0.2) is 9.59 Å². The van der Waals surface area contributed by atoms with Crippen LogP contribution in [0.25, 0.3) is 0 Å². The predicted molar refractivity (Wildman–Crippen MR) is 133 cm³/mol. The summed E-state index contributed by atoms with van der Waals surface area (Å²) >= 11 is 0. The van der Waals surface area contributed by atoms with Crippen molar-refractivity contribution in [2.75, 3.05) is 0 Å². The lowest BCUT2D eigenvalue weighted by Gasteiger charge is -2.33. The van der Waals surface area contributed by atoms with E-state index in [2.05, 4.69) is 34.7 Å². The van der Waals surface area contributed by atoms with Crippen molar-refractivity contribution in [1.29, 1.82) is 0 Å². The van der Waals surface area contributed by atoms with Crippen LogP contribution in [0.4, 0.5) is 9.59 Å². The smallest absolute Gasteiger partial charge is 0.321 e. The van der Waals surface area contributed by atoms with Gasteiger partial charge in [0, 0.05) is 0 Å². The zero-order chi connectivity index (χ0) is 25.5. The maximum atomic E-state index is 13.0. The highest BCUT2D eigenvalue weighted by molar-refractivity contribution is 6.08. The Balaban J connectivity index is 1.26. The van der Waals surface area contributed by atoms with Crippen molar-refractivity contribution in [2.24, 2.45) is 22.0 Å². The molecule has 36 heavy (non-hydrogen) atoms. The predicted octanol–water partition coefficient (Wildman–Crippen LogP) is 3.36. The Morgan fingerprint density at radius 1 is 0.750 bits per heavy atom. The molecule has 190 valence electrons. The maximum Gasteiger partial charge on any atom is 0.346 e. The standard InChI is InChI=1S/C26H32N6O4/c1-17-6-10-25(11-7-17)21(33)31(23(35)29-25)27-15-19-4-3-5-20(14-19)16-28-32-22(34)26(30-24(32)36)12-8-18(2)9-13-26/h3-5,14-18H,6-13H2,1-2H3,(H,29,35)(H,30,36)/b27-15+,28-16+. The van der Waals surface area contributed by atoms with Crippen molar-refractivity contribution < 1.29 is 19.2 Å². The van der Waals surface area contributed by atoms with E-state index in [1.165, 1.54) is 12.4 Å². The van der Waals surface area contributed by atoms with Crippen LogP contribution in [0.3, 0.4) is 0 Å². The fraction of sp³-hybridized carbons (Fsp3) is 0.538. The molecule has 2 N–H and O–H groups in total. The summed E-state index contributed by atoms with van der Waals surface area (Å²) in [6.07, 6.45) is 8.96. The van der Waals surface area contributed by atoms with Crippen LogP contribution in [0.5, 0.6) is 0 Å². The third-order valence-corrected chi connectivity index (χ3v) is 8.09. The summed E-state index contributed by atoms with van der Waals surface area (Å²) in [7, 11) is 0. The van der Waals surface area contributed by atoms with Gasteiger partial charge in [-0.05, 0) is 80.4 Å². The molecule has 5 rings (SSSR count). The van der Waals surface area contributed by atoms with Crippen LogP contribution in [0.15, 0.2) is 34.5 Å². The van der Waals surface area contributed by atoms with Gasteiger partial charge in [0.05, 0.1) is 12.4 Å². The molecule has 4 fully saturated rings. The number of carbonyl (C=O) groups is 4. The van der Waals surface area contributed by atoms with Crippen LogP contribution in [0.2, 0.25) is 0 Å². The van der Waals surface area contributed by atoms with Crippen molar-refractivity contribution in [3.63, 3.8) is 0 Å². The van der Waals surface area contributed by atoms with Gasteiger partial charge in [0.1, 0.15) is 11.1 Å². The SMILES string of the molecule is CC1CCC2(CC1)NC(=O)N(/N=C/c1cccc(/C=N/N3C(=O)NC4(CCC(C)CC4)C3=O)c1)C2=O. The van der Waals surface area contributed by atoms with E-state index in [4.69, 9.17) is 0 Å². The van der Waals surface area contributed by atoms with Gasteiger partial charge >= 0.3 is 12.1 Å². The molecule has 4 aliphatic rings. The molecule has 6 amide bonds. The van der Waals surface area contributed by atoms with Gasteiger partial charge < -0.3 is 10.6 Å². The quantitative estimate of drug-likeness (QED) is 0.494. The Morgan fingerprint density at radius 3 is 1.53 bits per heavy atom. The van der Waals surface area contributed by atoms with Crippen molar-refractivity contribution in [3.05, 3.63) is 35.4 Å². The molecule has 2 spiro atoms. The molecular weight excluding hydrogens is 460 g/mol.